The van der Waals surface area contributed by atoms with Crippen molar-refractivity contribution >= 4 is 17.5 Å². The summed E-state index contributed by atoms with van der Waals surface area (Å²) >= 11 is 0. The zero-order valence-electron chi connectivity index (χ0n) is 14.4. The maximum Gasteiger partial charge on any atom is 0.475 e. The Balaban J connectivity index is 2.06. The van der Waals surface area contributed by atoms with Crippen LogP contribution < -0.4 is 16.0 Å². The number of nitrogens with one attached hydrogen (secondary N) is 2. The lowest BCUT2D eigenvalue weighted by Crippen LogP contribution is -3.09. The van der Waals surface area contributed by atoms with Crippen LogP contribution in [-0.4, -0.2) is 29.8 Å². The van der Waals surface area contributed by atoms with Gasteiger partial charge in [0.1, 0.15) is 0 Å². The minimum absolute atomic E-state index is 0.0515. The number of hydrogen-bond acceptors (Lipinski definition) is 2. The number of quaternary nitrogens is 1. The van der Waals surface area contributed by atoms with Crippen LogP contribution in [0.15, 0.2) is 54.6 Å². The van der Waals surface area contributed by atoms with Crippen LogP contribution in [0.25, 0.3) is 0 Å². The molecule has 1 heterocycles. The first-order chi connectivity index (χ1) is 13.5. The van der Waals surface area contributed by atoms with E-state index in [0.717, 1.165) is 17.4 Å². The maximum absolute atomic E-state index is 13.8. The minimum atomic E-state index is -5.96. The third-order valence-corrected chi connectivity index (χ3v) is 4.49. The van der Waals surface area contributed by atoms with Crippen LogP contribution in [0.2, 0.25) is 0 Å². The molecule has 4 N–H and O–H groups in total. The summed E-state index contributed by atoms with van der Waals surface area (Å²) < 4.78 is 82.8. The van der Waals surface area contributed by atoms with Crippen LogP contribution in [0.4, 0.5) is 32.0 Å². The van der Waals surface area contributed by atoms with Crippen LogP contribution in [0, 0.1) is 0 Å². The number of benzene rings is 2. The quantitative estimate of drug-likeness (QED) is 0.527. The van der Waals surface area contributed by atoms with Crippen molar-refractivity contribution < 1.29 is 41.2 Å². The molecule has 0 bridgehead atoms. The number of carbonyl (C=O) groups excluding carboxylic acids is 2. The molecule has 2 aromatic carbocycles. The average molecular weight is 418 g/mol. The van der Waals surface area contributed by atoms with Crippen molar-refractivity contribution in [1.82, 2.24) is 5.32 Å². The van der Waals surface area contributed by atoms with Gasteiger partial charge in [-0.05, 0) is 18.2 Å². The molecule has 0 spiro atoms. The summed E-state index contributed by atoms with van der Waals surface area (Å²) in [5.41, 5.74) is -5.09. The van der Waals surface area contributed by atoms with Gasteiger partial charge in [0, 0.05) is 11.1 Å². The zero-order chi connectivity index (χ0) is 21.4. The largest absolute Gasteiger partial charge is 0.475 e. The van der Waals surface area contributed by atoms with Gasteiger partial charge in [0.05, 0.1) is 5.69 Å². The number of alkyl halides is 6. The Labute approximate surface area is 160 Å². The number of nitrogens with two attached hydrogens (primary N) is 1. The van der Waals surface area contributed by atoms with E-state index in [-0.39, 0.29) is 16.6 Å². The predicted molar refractivity (Wildman–Crippen MR) is 88.5 cm³/mol. The van der Waals surface area contributed by atoms with Crippen LogP contribution in [0.1, 0.15) is 22.0 Å². The lowest BCUT2D eigenvalue weighted by molar-refractivity contribution is -0.803. The summed E-state index contributed by atoms with van der Waals surface area (Å²) in [5.74, 6) is -2.64. The van der Waals surface area contributed by atoms with Crippen LogP contribution in [0.5, 0.6) is 0 Å². The van der Waals surface area contributed by atoms with E-state index >= 15 is 0 Å². The molecule has 154 valence electrons. The highest BCUT2D eigenvalue weighted by Gasteiger charge is 2.77. The van der Waals surface area contributed by atoms with E-state index in [0.29, 0.717) is 0 Å². The summed E-state index contributed by atoms with van der Waals surface area (Å²) in [6.45, 7) is 0. The topological polar surface area (TPSA) is 74.8 Å². The van der Waals surface area contributed by atoms with Crippen LogP contribution in [0.3, 0.4) is 0 Å². The number of anilines is 1. The normalized spacial score (nSPS) is 16.9. The van der Waals surface area contributed by atoms with Gasteiger partial charge in [-0.15, -0.1) is 0 Å². The molecule has 0 saturated carbocycles. The molecule has 0 aliphatic carbocycles. The molecule has 2 amide bonds. The lowest BCUT2D eigenvalue weighted by Gasteiger charge is -2.36. The van der Waals surface area contributed by atoms with Crippen molar-refractivity contribution in [2.24, 2.45) is 0 Å². The fourth-order valence-corrected chi connectivity index (χ4v) is 3.02. The van der Waals surface area contributed by atoms with Crippen molar-refractivity contribution in [3.05, 3.63) is 65.7 Å². The van der Waals surface area contributed by atoms with Gasteiger partial charge in [-0.3, -0.25) is 20.2 Å². The van der Waals surface area contributed by atoms with E-state index in [4.69, 9.17) is 0 Å². The van der Waals surface area contributed by atoms with Crippen molar-refractivity contribution in [3.63, 3.8) is 0 Å². The first-order valence-electron chi connectivity index (χ1n) is 8.23. The van der Waals surface area contributed by atoms with Gasteiger partial charge in [-0.1, -0.05) is 36.4 Å². The Hall–Kier alpha value is -3.08. The van der Waals surface area contributed by atoms with Gasteiger partial charge in [-0.25, -0.2) is 0 Å². The Kier molecular flexibility index (Phi) is 5.03. The van der Waals surface area contributed by atoms with E-state index in [1.165, 1.54) is 42.5 Å². The molecule has 2 aromatic rings. The maximum atomic E-state index is 13.8. The van der Waals surface area contributed by atoms with E-state index in [1.54, 1.807) is 0 Å². The Morgan fingerprint density at radius 1 is 0.897 bits per heavy atom. The summed E-state index contributed by atoms with van der Waals surface area (Å²) in [6, 6.07) is 9.76. The van der Waals surface area contributed by atoms with Gasteiger partial charge < -0.3 is 5.32 Å². The third kappa shape index (κ3) is 3.65. The van der Waals surface area contributed by atoms with E-state index in [2.05, 4.69) is 5.32 Å². The Bertz CT molecular complexity index is 913. The monoisotopic (exact) mass is 418 g/mol. The summed E-state index contributed by atoms with van der Waals surface area (Å²) in [5, 5.41) is 3.12. The second kappa shape index (κ2) is 7.07. The molecule has 1 atom stereocenters. The molecule has 0 unspecified atom stereocenters. The molecule has 3 rings (SSSR count). The van der Waals surface area contributed by atoms with E-state index in [9.17, 15) is 35.9 Å². The highest BCUT2D eigenvalue weighted by Crippen LogP contribution is 2.40. The molecule has 29 heavy (non-hydrogen) atoms. The van der Waals surface area contributed by atoms with Gasteiger partial charge in [-0.2, -0.15) is 26.3 Å². The van der Waals surface area contributed by atoms with Crippen LogP contribution in [-0.2, 0) is 4.79 Å². The molecule has 1 aliphatic rings. The predicted octanol–water partition coefficient (Wildman–Crippen LogP) is 2.49. The number of amides is 2. The van der Waals surface area contributed by atoms with Crippen molar-refractivity contribution in [2.75, 3.05) is 5.32 Å². The number of rotatable bonds is 4. The highest BCUT2D eigenvalue weighted by molar-refractivity contribution is 6.01. The zero-order valence-corrected chi connectivity index (χ0v) is 14.4. The molecular formula is C18H14F6N3O2+. The minimum Gasteiger partial charge on any atom is -0.320 e. The molecule has 5 nitrogen and oxygen atoms in total. The number of fused-ring (bicyclic) bond motifs is 1. The molecule has 0 fully saturated rings. The SMILES string of the molecule is O=C(NC([NH2+][C@H]1C(=O)Nc2ccccc21)(C(F)(F)F)C(F)(F)F)c1ccccc1. The first-order valence-corrected chi connectivity index (χ1v) is 8.23. The van der Waals surface area contributed by atoms with Crippen LogP contribution >= 0.6 is 0 Å². The summed E-state index contributed by atoms with van der Waals surface area (Å²) in [6.07, 6.45) is -11.9. The summed E-state index contributed by atoms with van der Waals surface area (Å²) in [4.78, 5) is 24.4. The third-order valence-electron chi connectivity index (χ3n) is 4.49. The number of hydrogen-bond donors (Lipinski definition) is 3. The molecule has 0 radical (unpaired) electrons. The van der Waals surface area contributed by atoms with E-state index in [1.807, 2.05) is 0 Å². The van der Waals surface area contributed by atoms with Gasteiger partial charge in [0.2, 0.25) is 0 Å². The van der Waals surface area contributed by atoms with Crippen molar-refractivity contribution in [2.45, 2.75) is 24.1 Å². The van der Waals surface area contributed by atoms with Gasteiger partial charge >= 0.3 is 18.0 Å². The van der Waals surface area contributed by atoms with Gasteiger partial charge in [0.25, 0.3) is 11.8 Å². The van der Waals surface area contributed by atoms with Crippen molar-refractivity contribution in [3.8, 4) is 0 Å². The highest BCUT2D eigenvalue weighted by atomic mass is 19.4. The first kappa shape index (κ1) is 20.6. The molecule has 1 aliphatic heterocycles. The molecule has 11 heteroatoms. The second-order valence-electron chi connectivity index (χ2n) is 6.34. The lowest BCUT2D eigenvalue weighted by atomic mass is 10.0. The second-order valence-corrected chi connectivity index (χ2v) is 6.34. The summed E-state index contributed by atoms with van der Waals surface area (Å²) in [7, 11) is 0. The molecule has 0 saturated heterocycles. The van der Waals surface area contributed by atoms with Crippen molar-refractivity contribution in [1.29, 1.82) is 0 Å². The Morgan fingerprint density at radius 3 is 2.03 bits per heavy atom. The van der Waals surface area contributed by atoms with Gasteiger partial charge in [0.15, 0.2) is 6.04 Å². The van der Waals surface area contributed by atoms with E-state index < -0.39 is 41.4 Å². The standard InChI is InChI=1S/C18H13F6N3O2/c19-17(20,21)16(18(22,23)24,27-14(28)10-6-2-1-3-7-10)26-13-11-8-4-5-9-12(11)25-15(13)29/h1-9,13,26H,(H,25,29)(H,27,28)/p+1/t13-/m1/s1. The fourth-order valence-electron chi connectivity index (χ4n) is 3.02. The molecular weight excluding hydrogens is 404 g/mol. The smallest absolute Gasteiger partial charge is 0.320 e. The molecule has 0 aromatic heterocycles. The average Bonchev–Trinajstić information content (AvgIpc) is 2.95. The number of halogens is 6. The fraction of sp³-hybridized carbons (Fsp3) is 0.222. The number of para-hydroxylation sites is 1. The Morgan fingerprint density at radius 2 is 1.45 bits per heavy atom. The number of carbonyl (C=O) groups is 2.